The van der Waals surface area contributed by atoms with Crippen molar-refractivity contribution in [3.63, 3.8) is 0 Å². The minimum atomic E-state index is -0.250. The number of methoxy groups -OCH3 is 3. The molecule has 0 saturated carbocycles. The first kappa shape index (κ1) is 21.8. The normalized spacial score (nSPS) is 11.1. The fourth-order valence-corrected chi connectivity index (χ4v) is 4.77. The lowest BCUT2D eigenvalue weighted by molar-refractivity contribution is 0.0991. The van der Waals surface area contributed by atoms with Crippen molar-refractivity contribution >= 4 is 50.1 Å². The number of carbonyl (C=O) groups is 1. The van der Waals surface area contributed by atoms with Gasteiger partial charge in [0.1, 0.15) is 0 Å². The number of ether oxygens (including phenoxy) is 3. The summed E-state index contributed by atoms with van der Waals surface area (Å²) in [6.45, 7) is 2.02. The number of thiophene rings is 1. The summed E-state index contributed by atoms with van der Waals surface area (Å²) in [7, 11) is 4.65. The molecular weight excluding hydrogens is 446 g/mol. The van der Waals surface area contributed by atoms with E-state index >= 15 is 0 Å². The Bertz CT molecular complexity index is 1260. The van der Waals surface area contributed by atoms with E-state index in [-0.39, 0.29) is 5.91 Å². The highest BCUT2D eigenvalue weighted by molar-refractivity contribution is 7.22. The van der Waals surface area contributed by atoms with E-state index in [2.05, 4.69) is 10.1 Å². The summed E-state index contributed by atoms with van der Waals surface area (Å²) in [6.07, 6.45) is 1.58. The second-order valence-corrected chi connectivity index (χ2v) is 8.72. The number of rotatable bonds is 7. The van der Waals surface area contributed by atoms with Gasteiger partial charge in [0.05, 0.1) is 42.6 Å². The van der Waals surface area contributed by atoms with Gasteiger partial charge in [0.2, 0.25) is 10.9 Å². The molecule has 0 aliphatic rings. The van der Waals surface area contributed by atoms with Gasteiger partial charge in [0.15, 0.2) is 11.5 Å². The number of aromatic nitrogens is 1. The lowest BCUT2D eigenvalue weighted by Gasteiger charge is -2.14. The zero-order valence-electron chi connectivity index (χ0n) is 18.0. The SMILES string of the molecule is COc1cc(/C=N/N(C(=O)c2cccs2)c2nc3ccc(C)cc3s2)cc(OC)c1OC. The molecule has 164 valence electrons. The molecule has 2 aromatic heterocycles. The Labute approximate surface area is 193 Å². The van der Waals surface area contributed by atoms with Crippen LogP contribution in [0.25, 0.3) is 10.2 Å². The third-order valence-electron chi connectivity index (χ3n) is 4.65. The highest BCUT2D eigenvalue weighted by Crippen LogP contribution is 2.38. The van der Waals surface area contributed by atoms with Gasteiger partial charge in [-0.05, 0) is 48.2 Å². The highest BCUT2D eigenvalue weighted by Gasteiger charge is 2.22. The summed E-state index contributed by atoms with van der Waals surface area (Å²) in [4.78, 5) is 18.4. The topological polar surface area (TPSA) is 73.2 Å². The number of thiazole rings is 1. The van der Waals surface area contributed by atoms with E-state index < -0.39 is 0 Å². The Balaban J connectivity index is 1.77. The van der Waals surface area contributed by atoms with Gasteiger partial charge >= 0.3 is 0 Å². The van der Waals surface area contributed by atoms with E-state index in [1.807, 2.05) is 36.6 Å². The molecule has 9 heteroatoms. The fourth-order valence-electron chi connectivity index (χ4n) is 3.10. The van der Waals surface area contributed by atoms with Crippen molar-refractivity contribution in [1.82, 2.24) is 4.98 Å². The van der Waals surface area contributed by atoms with E-state index in [1.165, 1.54) is 27.7 Å². The predicted octanol–water partition coefficient (Wildman–Crippen LogP) is 5.37. The van der Waals surface area contributed by atoms with E-state index in [0.717, 1.165) is 15.8 Å². The fraction of sp³-hybridized carbons (Fsp3) is 0.174. The quantitative estimate of drug-likeness (QED) is 0.270. The zero-order valence-corrected chi connectivity index (χ0v) is 19.6. The first-order valence-corrected chi connectivity index (χ1v) is 11.3. The number of aryl methyl sites for hydroxylation is 1. The number of benzene rings is 2. The Morgan fingerprint density at radius 2 is 1.81 bits per heavy atom. The van der Waals surface area contributed by atoms with Crippen molar-refractivity contribution in [1.29, 1.82) is 0 Å². The number of anilines is 1. The number of carbonyl (C=O) groups excluding carboxylic acids is 1. The second-order valence-electron chi connectivity index (χ2n) is 6.77. The van der Waals surface area contributed by atoms with Crippen molar-refractivity contribution < 1.29 is 19.0 Å². The number of nitrogens with zero attached hydrogens (tertiary/aromatic N) is 3. The molecule has 0 saturated heterocycles. The molecular formula is C23H21N3O4S2. The molecule has 32 heavy (non-hydrogen) atoms. The van der Waals surface area contributed by atoms with Crippen LogP contribution in [0.3, 0.4) is 0 Å². The third kappa shape index (κ3) is 4.30. The van der Waals surface area contributed by atoms with Crippen LogP contribution < -0.4 is 19.2 Å². The zero-order chi connectivity index (χ0) is 22.7. The Morgan fingerprint density at radius 3 is 2.44 bits per heavy atom. The van der Waals surface area contributed by atoms with Gasteiger partial charge in [-0.15, -0.1) is 11.3 Å². The molecule has 0 radical (unpaired) electrons. The first-order valence-electron chi connectivity index (χ1n) is 9.63. The van der Waals surface area contributed by atoms with Gasteiger partial charge in [-0.1, -0.05) is 23.5 Å². The van der Waals surface area contributed by atoms with Gasteiger partial charge in [-0.2, -0.15) is 10.1 Å². The third-order valence-corrected chi connectivity index (χ3v) is 6.50. The van der Waals surface area contributed by atoms with Gasteiger partial charge in [0.25, 0.3) is 5.91 Å². The Hall–Kier alpha value is -3.43. The predicted molar refractivity (Wildman–Crippen MR) is 129 cm³/mol. The molecule has 0 unspecified atom stereocenters. The van der Waals surface area contributed by atoms with E-state index in [4.69, 9.17) is 14.2 Å². The van der Waals surface area contributed by atoms with Crippen molar-refractivity contribution in [2.45, 2.75) is 6.92 Å². The van der Waals surface area contributed by atoms with E-state index in [0.29, 0.717) is 32.8 Å². The standard InChI is InChI=1S/C23H21N3O4S2/c1-14-7-8-16-20(10-14)32-23(25-16)26(22(27)19-6-5-9-31-19)24-13-15-11-17(28-2)21(30-4)18(12-15)29-3/h5-13H,1-4H3/b24-13+. The molecule has 2 aromatic carbocycles. The van der Waals surface area contributed by atoms with Crippen molar-refractivity contribution in [2.24, 2.45) is 5.10 Å². The molecule has 0 bridgehead atoms. The van der Waals surface area contributed by atoms with E-state index in [9.17, 15) is 4.79 Å². The monoisotopic (exact) mass is 467 g/mol. The van der Waals surface area contributed by atoms with Crippen LogP contribution in [0.4, 0.5) is 5.13 Å². The summed E-state index contributed by atoms with van der Waals surface area (Å²) in [5.41, 5.74) is 2.63. The average molecular weight is 468 g/mol. The number of amides is 1. The van der Waals surface area contributed by atoms with Crippen molar-refractivity contribution in [2.75, 3.05) is 26.3 Å². The van der Waals surface area contributed by atoms with Gasteiger partial charge in [-0.3, -0.25) is 4.79 Å². The van der Waals surface area contributed by atoms with Gasteiger partial charge in [-0.25, -0.2) is 4.98 Å². The molecule has 0 fully saturated rings. The van der Waals surface area contributed by atoms with Crippen molar-refractivity contribution in [3.05, 3.63) is 63.8 Å². The summed E-state index contributed by atoms with van der Waals surface area (Å²) in [5.74, 6) is 1.24. The van der Waals surface area contributed by atoms with Crippen LogP contribution in [-0.2, 0) is 0 Å². The molecule has 2 heterocycles. The number of hydrogen-bond acceptors (Lipinski definition) is 8. The lowest BCUT2D eigenvalue weighted by Crippen LogP contribution is -2.24. The number of fused-ring (bicyclic) bond motifs is 1. The number of hydrogen-bond donors (Lipinski definition) is 0. The van der Waals surface area contributed by atoms with E-state index in [1.54, 1.807) is 45.7 Å². The molecule has 4 rings (SSSR count). The largest absolute Gasteiger partial charge is 0.493 e. The van der Waals surface area contributed by atoms with Crippen LogP contribution >= 0.6 is 22.7 Å². The van der Waals surface area contributed by atoms with Crippen LogP contribution in [0.1, 0.15) is 20.8 Å². The molecule has 0 aliphatic carbocycles. The highest BCUT2D eigenvalue weighted by atomic mass is 32.1. The summed E-state index contributed by atoms with van der Waals surface area (Å²) in [5, 5.41) is 8.18. The summed E-state index contributed by atoms with van der Waals surface area (Å²) in [6, 6.07) is 13.1. The van der Waals surface area contributed by atoms with Crippen LogP contribution in [0.2, 0.25) is 0 Å². The minimum Gasteiger partial charge on any atom is -0.493 e. The molecule has 1 amide bonds. The smallest absolute Gasteiger partial charge is 0.290 e. The Kier molecular flexibility index (Phi) is 6.38. The first-order chi connectivity index (χ1) is 15.5. The molecule has 0 N–H and O–H groups in total. The lowest BCUT2D eigenvalue weighted by atomic mass is 10.2. The summed E-state index contributed by atoms with van der Waals surface area (Å²) < 4.78 is 17.2. The van der Waals surface area contributed by atoms with Gasteiger partial charge in [0, 0.05) is 5.56 Å². The number of hydrazone groups is 1. The second kappa shape index (κ2) is 9.37. The summed E-state index contributed by atoms with van der Waals surface area (Å²) >= 11 is 2.77. The molecule has 4 aromatic rings. The van der Waals surface area contributed by atoms with Crippen LogP contribution in [0.5, 0.6) is 17.2 Å². The maximum atomic E-state index is 13.2. The average Bonchev–Trinajstić information content (AvgIpc) is 3.48. The Morgan fingerprint density at radius 1 is 1.06 bits per heavy atom. The van der Waals surface area contributed by atoms with Crippen LogP contribution in [0, 0.1) is 6.92 Å². The van der Waals surface area contributed by atoms with Crippen LogP contribution in [0.15, 0.2) is 52.9 Å². The minimum absolute atomic E-state index is 0.250. The van der Waals surface area contributed by atoms with Crippen LogP contribution in [-0.4, -0.2) is 38.4 Å². The maximum absolute atomic E-state index is 13.2. The molecule has 0 atom stereocenters. The van der Waals surface area contributed by atoms with Gasteiger partial charge < -0.3 is 14.2 Å². The van der Waals surface area contributed by atoms with Crippen molar-refractivity contribution in [3.8, 4) is 17.2 Å². The molecule has 7 nitrogen and oxygen atoms in total. The maximum Gasteiger partial charge on any atom is 0.290 e. The molecule has 0 spiro atoms. The molecule has 0 aliphatic heterocycles.